The van der Waals surface area contributed by atoms with Crippen molar-refractivity contribution in [2.75, 3.05) is 25.1 Å². The molecule has 3 rings (SSSR count). The monoisotopic (exact) mass is 597 g/mol. The molecule has 44 heavy (non-hydrogen) atoms. The van der Waals surface area contributed by atoms with Crippen molar-refractivity contribution in [3.05, 3.63) is 72.3 Å². The van der Waals surface area contributed by atoms with Crippen LogP contribution < -0.4 is 9.64 Å². The van der Waals surface area contributed by atoms with Gasteiger partial charge in [-0.05, 0) is 79.6 Å². The molecule has 0 aliphatic rings. The minimum Gasteiger partial charge on any atom is -0.494 e. The number of hydrogen-bond donors (Lipinski definition) is 0. The fourth-order valence-corrected chi connectivity index (χ4v) is 5.59. The minimum atomic E-state index is 0.609. The zero-order valence-electron chi connectivity index (χ0n) is 28.1. The van der Waals surface area contributed by atoms with E-state index in [4.69, 9.17) is 4.74 Å². The van der Waals surface area contributed by atoms with Gasteiger partial charge in [0.2, 0.25) is 0 Å². The number of nitrogens with zero attached hydrogens (tertiary/aromatic N) is 5. The van der Waals surface area contributed by atoms with Crippen LogP contribution in [0.25, 0.3) is 0 Å². The molecule has 0 bridgehead atoms. The van der Waals surface area contributed by atoms with E-state index in [-0.39, 0.29) is 0 Å². The molecule has 0 heterocycles. The van der Waals surface area contributed by atoms with Crippen LogP contribution in [0.1, 0.15) is 97.5 Å². The second kappa shape index (κ2) is 19.7. The van der Waals surface area contributed by atoms with Crippen molar-refractivity contribution in [3.8, 4) is 5.75 Å². The Labute approximate surface area is 267 Å². The number of hydrogen-bond acceptors (Lipinski definition) is 6. The summed E-state index contributed by atoms with van der Waals surface area (Å²) in [5.74, 6) is 2.05. The van der Waals surface area contributed by atoms with E-state index >= 15 is 0 Å². The molecule has 0 spiro atoms. The van der Waals surface area contributed by atoms with Crippen LogP contribution in [-0.2, 0) is 0 Å². The molecule has 2 atom stereocenters. The van der Waals surface area contributed by atoms with Crippen molar-refractivity contribution in [1.82, 2.24) is 0 Å². The standard InChI is InChI=1S/C38H55N5O/c1-7-11-13-15-19-32(10-4)29-43(28-31(9-3)18-12-8-2)35-23-25-36(30(5)26-35)41-40-34-22-24-37(38(27-34)44-6)42-39-33-20-16-14-17-21-33/h14,16-17,20-27,31-32H,7-13,15,18-19,28-29H2,1-6H3. The molecule has 0 aliphatic carbocycles. The van der Waals surface area contributed by atoms with E-state index in [1.807, 2.05) is 48.5 Å². The van der Waals surface area contributed by atoms with Crippen LogP contribution in [0.3, 0.4) is 0 Å². The third-order valence-corrected chi connectivity index (χ3v) is 8.56. The molecule has 0 N–H and O–H groups in total. The zero-order valence-corrected chi connectivity index (χ0v) is 28.1. The maximum atomic E-state index is 5.57. The Morgan fingerprint density at radius 3 is 1.91 bits per heavy atom. The fourth-order valence-electron chi connectivity index (χ4n) is 5.59. The summed E-state index contributed by atoms with van der Waals surface area (Å²) < 4.78 is 5.57. The highest BCUT2D eigenvalue weighted by Crippen LogP contribution is 2.34. The quantitative estimate of drug-likeness (QED) is 0.0960. The summed E-state index contributed by atoms with van der Waals surface area (Å²) in [6.45, 7) is 13.7. The smallest absolute Gasteiger partial charge is 0.148 e. The second-order valence-electron chi connectivity index (χ2n) is 12.0. The summed E-state index contributed by atoms with van der Waals surface area (Å²) in [5, 5.41) is 17.8. The van der Waals surface area contributed by atoms with Gasteiger partial charge in [-0.3, -0.25) is 0 Å². The topological polar surface area (TPSA) is 61.9 Å². The molecule has 6 nitrogen and oxygen atoms in total. The SMILES string of the molecule is CCCCCCC(CC)CN(CC(CC)CCCC)c1ccc(N=Nc2ccc(N=Nc3ccccc3)c(OC)c2)c(C)c1. The van der Waals surface area contributed by atoms with Crippen LogP contribution in [0.2, 0.25) is 0 Å². The van der Waals surface area contributed by atoms with Crippen molar-refractivity contribution in [1.29, 1.82) is 0 Å². The number of rotatable bonds is 20. The third kappa shape index (κ3) is 11.5. The first kappa shape index (κ1) is 34.9. The van der Waals surface area contributed by atoms with Crippen LogP contribution in [0.5, 0.6) is 5.75 Å². The predicted molar refractivity (Wildman–Crippen MR) is 187 cm³/mol. The number of methoxy groups -OCH3 is 1. The van der Waals surface area contributed by atoms with Gasteiger partial charge in [-0.1, -0.05) is 97.3 Å². The summed E-state index contributed by atoms with van der Waals surface area (Å²) in [6, 6.07) is 21.9. The molecule has 0 saturated carbocycles. The lowest BCUT2D eigenvalue weighted by Gasteiger charge is -2.33. The van der Waals surface area contributed by atoms with E-state index in [9.17, 15) is 0 Å². The average molecular weight is 598 g/mol. The molecule has 0 amide bonds. The molecule has 0 aliphatic heterocycles. The fraction of sp³-hybridized carbons (Fsp3) is 0.526. The highest BCUT2D eigenvalue weighted by molar-refractivity contribution is 5.60. The summed E-state index contributed by atoms with van der Waals surface area (Å²) in [4.78, 5) is 2.67. The lowest BCUT2D eigenvalue weighted by atomic mass is 9.94. The Kier molecular flexibility index (Phi) is 15.6. The number of unbranched alkanes of at least 4 members (excludes halogenated alkanes) is 4. The molecular weight excluding hydrogens is 542 g/mol. The van der Waals surface area contributed by atoms with Crippen molar-refractivity contribution in [3.63, 3.8) is 0 Å². The first-order valence-electron chi connectivity index (χ1n) is 16.9. The van der Waals surface area contributed by atoms with E-state index in [0.29, 0.717) is 17.1 Å². The molecule has 3 aromatic carbocycles. The van der Waals surface area contributed by atoms with Gasteiger partial charge >= 0.3 is 0 Å². The van der Waals surface area contributed by atoms with Gasteiger partial charge in [0.25, 0.3) is 0 Å². The lowest BCUT2D eigenvalue weighted by Crippen LogP contribution is -2.34. The van der Waals surface area contributed by atoms with Gasteiger partial charge in [0, 0.05) is 24.8 Å². The van der Waals surface area contributed by atoms with Crippen molar-refractivity contribution < 1.29 is 4.74 Å². The van der Waals surface area contributed by atoms with Gasteiger partial charge in [0.15, 0.2) is 0 Å². The molecule has 0 saturated heterocycles. The maximum Gasteiger partial charge on any atom is 0.148 e. The van der Waals surface area contributed by atoms with Crippen molar-refractivity contribution in [2.24, 2.45) is 32.3 Å². The molecule has 0 radical (unpaired) electrons. The molecule has 2 unspecified atom stereocenters. The molecule has 238 valence electrons. The number of benzene rings is 3. The van der Waals surface area contributed by atoms with Crippen LogP contribution in [0.4, 0.5) is 28.4 Å². The number of anilines is 1. The van der Waals surface area contributed by atoms with Gasteiger partial charge in [-0.15, -0.1) is 5.11 Å². The number of aryl methyl sites for hydroxylation is 1. The Morgan fingerprint density at radius 1 is 0.636 bits per heavy atom. The van der Waals surface area contributed by atoms with E-state index in [1.165, 1.54) is 69.9 Å². The third-order valence-electron chi connectivity index (χ3n) is 8.56. The largest absolute Gasteiger partial charge is 0.494 e. The van der Waals surface area contributed by atoms with Crippen molar-refractivity contribution >= 4 is 28.4 Å². The summed E-state index contributed by atoms with van der Waals surface area (Å²) in [6.07, 6.45) is 13.0. The van der Waals surface area contributed by atoms with E-state index in [1.54, 1.807) is 7.11 Å². The molecule has 3 aromatic rings. The number of ether oxygens (including phenoxy) is 1. The highest BCUT2D eigenvalue weighted by Gasteiger charge is 2.18. The van der Waals surface area contributed by atoms with E-state index in [0.717, 1.165) is 41.9 Å². The molecule has 0 aromatic heterocycles. The van der Waals surface area contributed by atoms with Gasteiger partial charge in [0.1, 0.15) is 11.4 Å². The van der Waals surface area contributed by atoms with E-state index < -0.39 is 0 Å². The predicted octanol–water partition coefficient (Wildman–Crippen LogP) is 12.9. The zero-order chi connectivity index (χ0) is 31.6. The van der Waals surface area contributed by atoms with Crippen LogP contribution >= 0.6 is 0 Å². The molecule has 0 fully saturated rings. The van der Waals surface area contributed by atoms with Crippen LogP contribution in [0, 0.1) is 18.8 Å². The first-order valence-corrected chi connectivity index (χ1v) is 16.9. The van der Waals surface area contributed by atoms with Gasteiger partial charge < -0.3 is 9.64 Å². The normalized spacial score (nSPS) is 13.0. The second-order valence-corrected chi connectivity index (χ2v) is 12.0. The Balaban J connectivity index is 1.77. The Bertz CT molecular complexity index is 1290. The summed E-state index contributed by atoms with van der Waals surface area (Å²) in [7, 11) is 1.63. The summed E-state index contributed by atoms with van der Waals surface area (Å²) >= 11 is 0. The van der Waals surface area contributed by atoms with Crippen molar-refractivity contribution in [2.45, 2.75) is 98.8 Å². The van der Waals surface area contributed by atoms with Gasteiger partial charge in [0.05, 0.1) is 24.2 Å². The minimum absolute atomic E-state index is 0.609. The first-order chi connectivity index (χ1) is 21.5. The maximum absolute atomic E-state index is 5.57. The number of azo groups is 2. The average Bonchev–Trinajstić information content (AvgIpc) is 3.06. The van der Waals surface area contributed by atoms with E-state index in [2.05, 4.69) is 78.2 Å². The van der Waals surface area contributed by atoms with Crippen LogP contribution in [0.15, 0.2) is 87.2 Å². The Hall–Kier alpha value is -3.54. The summed E-state index contributed by atoms with van der Waals surface area (Å²) in [5.41, 5.74) is 5.47. The Morgan fingerprint density at radius 2 is 1.27 bits per heavy atom. The highest BCUT2D eigenvalue weighted by atomic mass is 16.5. The lowest BCUT2D eigenvalue weighted by molar-refractivity contribution is 0.400. The van der Waals surface area contributed by atoms with Crippen LogP contribution in [-0.4, -0.2) is 20.2 Å². The van der Waals surface area contributed by atoms with Gasteiger partial charge in [-0.2, -0.15) is 15.3 Å². The molecule has 6 heteroatoms. The van der Waals surface area contributed by atoms with Gasteiger partial charge in [-0.25, -0.2) is 0 Å². The molecular formula is C38H55N5O.